The van der Waals surface area contributed by atoms with Crippen LogP contribution in [0.4, 0.5) is 5.82 Å². The Labute approximate surface area is 202 Å². The van der Waals surface area contributed by atoms with Gasteiger partial charge in [0, 0.05) is 36.8 Å². The number of ether oxygens (including phenoxy) is 2. The normalized spacial score (nSPS) is 14.7. The van der Waals surface area contributed by atoms with Gasteiger partial charge in [-0.15, -0.1) is 10.2 Å². The Morgan fingerprint density at radius 2 is 1.64 bits per heavy atom. The summed E-state index contributed by atoms with van der Waals surface area (Å²) in [6, 6.07) is 16.3. The molecule has 0 aliphatic carbocycles. The van der Waals surface area contributed by atoms with Gasteiger partial charge in [-0.05, 0) is 61.5 Å². The first-order valence-electron chi connectivity index (χ1n) is 10.6. The molecule has 9 heteroatoms. The van der Waals surface area contributed by atoms with Crippen LogP contribution in [-0.2, 0) is 4.79 Å². The van der Waals surface area contributed by atoms with Crippen molar-refractivity contribution in [3.63, 3.8) is 0 Å². The second kappa shape index (κ2) is 10.3. The molecule has 1 aliphatic rings. The lowest BCUT2D eigenvalue weighted by molar-refractivity contribution is -0.138. The summed E-state index contributed by atoms with van der Waals surface area (Å²) in [4.78, 5) is 16.8. The minimum Gasteiger partial charge on any atom is -0.497 e. The van der Waals surface area contributed by atoms with Crippen LogP contribution >= 0.6 is 23.2 Å². The van der Waals surface area contributed by atoms with Crippen LogP contribution in [0.1, 0.15) is 6.92 Å². The molecule has 1 fully saturated rings. The number of nitrogens with zero attached hydrogens (tertiary/aromatic N) is 4. The first kappa shape index (κ1) is 23.1. The Hall–Kier alpha value is -3.03. The molecule has 7 nitrogen and oxygen atoms in total. The van der Waals surface area contributed by atoms with Gasteiger partial charge in [0.15, 0.2) is 11.9 Å². The number of aromatic nitrogens is 2. The van der Waals surface area contributed by atoms with E-state index >= 15 is 0 Å². The summed E-state index contributed by atoms with van der Waals surface area (Å²) in [5.41, 5.74) is 1.46. The van der Waals surface area contributed by atoms with Crippen molar-refractivity contribution in [2.75, 3.05) is 38.2 Å². The fourth-order valence-corrected chi connectivity index (χ4v) is 4.16. The van der Waals surface area contributed by atoms with Crippen LogP contribution in [0.25, 0.3) is 11.3 Å². The summed E-state index contributed by atoms with van der Waals surface area (Å²) < 4.78 is 11.0. The van der Waals surface area contributed by atoms with E-state index in [0.717, 1.165) is 17.1 Å². The van der Waals surface area contributed by atoms with E-state index in [1.54, 1.807) is 50.4 Å². The third-order valence-electron chi connectivity index (χ3n) is 5.49. The van der Waals surface area contributed by atoms with Crippen molar-refractivity contribution < 1.29 is 14.3 Å². The second-order valence-corrected chi connectivity index (χ2v) is 8.49. The molecule has 1 unspecified atom stereocenters. The average Bonchev–Trinajstić information content (AvgIpc) is 2.84. The topological polar surface area (TPSA) is 67.8 Å². The molecule has 2 aromatic carbocycles. The van der Waals surface area contributed by atoms with Crippen LogP contribution < -0.4 is 14.4 Å². The minimum atomic E-state index is -0.576. The zero-order valence-corrected chi connectivity index (χ0v) is 19.9. The van der Waals surface area contributed by atoms with Crippen molar-refractivity contribution in [1.82, 2.24) is 15.1 Å². The predicted molar refractivity (Wildman–Crippen MR) is 129 cm³/mol. The molecule has 0 radical (unpaired) electrons. The molecule has 1 aromatic heterocycles. The van der Waals surface area contributed by atoms with Crippen molar-refractivity contribution in [3.05, 3.63) is 64.6 Å². The van der Waals surface area contributed by atoms with Crippen molar-refractivity contribution in [2.45, 2.75) is 13.0 Å². The van der Waals surface area contributed by atoms with Gasteiger partial charge < -0.3 is 19.3 Å². The Balaban J connectivity index is 1.32. The van der Waals surface area contributed by atoms with E-state index < -0.39 is 6.10 Å². The Morgan fingerprint density at radius 3 is 2.24 bits per heavy atom. The average molecular weight is 487 g/mol. The molecule has 0 spiro atoms. The van der Waals surface area contributed by atoms with E-state index in [1.807, 2.05) is 23.1 Å². The van der Waals surface area contributed by atoms with Gasteiger partial charge in [0.05, 0.1) is 17.8 Å². The molecular formula is C24H24Cl2N4O3. The van der Waals surface area contributed by atoms with Gasteiger partial charge in [0.25, 0.3) is 5.91 Å². The third-order valence-corrected chi connectivity index (χ3v) is 6.04. The summed E-state index contributed by atoms with van der Waals surface area (Å²) in [6.07, 6.45) is -0.576. The number of halogens is 2. The standard InChI is InChI=1S/C24H24Cl2N4O3/c1-16(33-19-6-4-18(32-2)5-7-19)24(31)30-13-11-29(12-14-30)23-10-9-22(27-28-23)20-8-3-17(25)15-21(20)26/h3-10,15-16H,11-14H2,1-2H3. The van der Waals surface area contributed by atoms with E-state index in [4.69, 9.17) is 32.7 Å². The highest BCUT2D eigenvalue weighted by molar-refractivity contribution is 6.36. The fourth-order valence-electron chi connectivity index (χ4n) is 3.66. The smallest absolute Gasteiger partial charge is 0.263 e. The van der Waals surface area contributed by atoms with Gasteiger partial charge in [0.2, 0.25) is 0 Å². The molecule has 4 rings (SSSR count). The monoisotopic (exact) mass is 486 g/mol. The van der Waals surface area contributed by atoms with E-state index in [0.29, 0.717) is 47.7 Å². The highest BCUT2D eigenvalue weighted by atomic mass is 35.5. The largest absolute Gasteiger partial charge is 0.497 e. The van der Waals surface area contributed by atoms with E-state index in [-0.39, 0.29) is 5.91 Å². The maximum Gasteiger partial charge on any atom is 0.263 e. The third kappa shape index (κ3) is 5.49. The Bertz CT molecular complexity index is 1100. The molecular weight excluding hydrogens is 463 g/mol. The van der Waals surface area contributed by atoms with Gasteiger partial charge in [-0.3, -0.25) is 4.79 Å². The number of carbonyl (C=O) groups excluding carboxylic acids is 1. The lowest BCUT2D eigenvalue weighted by Gasteiger charge is -2.36. The molecule has 1 saturated heterocycles. The maximum absolute atomic E-state index is 12.8. The molecule has 3 aromatic rings. The number of benzene rings is 2. The number of methoxy groups -OCH3 is 1. The fraction of sp³-hybridized carbons (Fsp3) is 0.292. The van der Waals surface area contributed by atoms with Crippen molar-refractivity contribution in [2.24, 2.45) is 0 Å². The van der Waals surface area contributed by atoms with E-state index in [1.165, 1.54) is 0 Å². The number of anilines is 1. The van der Waals surface area contributed by atoms with Crippen molar-refractivity contribution in [1.29, 1.82) is 0 Å². The number of piperazine rings is 1. The van der Waals surface area contributed by atoms with Gasteiger partial charge in [-0.25, -0.2) is 0 Å². The number of hydrogen-bond donors (Lipinski definition) is 0. The molecule has 33 heavy (non-hydrogen) atoms. The molecule has 0 bridgehead atoms. The number of amides is 1. The first-order valence-corrected chi connectivity index (χ1v) is 11.3. The molecule has 1 aliphatic heterocycles. The quantitative estimate of drug-likeness (QED) is 0.508. The summed E-state index contributed by atoms with van der Waals surface area (Å²) >= 11 is 12.2. The molecule has 0 saturated carbocycles. The summed E-state index contributed by atoms with van der Waals surface area (Å²) in [5.74, 6) is 2.10. The van der Waals surface area contributed by atoms with Crippen LogP contribution in [0.3, 0.4) is 0 Å². The zero-order chi connectivity index (χ0) is 23.4. The zero-order valence-electron chi connectivity index (χ0n) is 18.4. The van der Waals surface area contributed by atoms with Gasteiger partial charge >= 0.3 is 0 Å². The van der Waals surface area contributed by atoms with E-state index in [9.17, 15) is 4.79 Å². The van der Waals surface area contributed by atoms with Crippen LogP contribution in [0.15, 0.2) is 54.6 Å². The van der Waals surface area contributed by atoms with Crippen LogP contribution in [-0.4, -0.2) is 60.4 Å². The first-order chi connectivity index (χ1) is 15.9. The maximum atomic E-state index is 12.8. The highest BCUT2D eigenvalue weighted by Gasteiger charge is 2.26. The molecule has 1 amide bonds. The predicted octanol–water partition coefficient (Wildman–Crippen LogP) is 4.58. The lowest BCUT2D eigenvalue weighted by Crippen LogP contribution is -2.52. The molecule has 2 heterocycles. The van der Waals surface area contributed by atoms with Crippen LogP contribution in [0, 0.1) is 0 Å². The SMILES string of the molecule is COc1ccc(OC(C)C(=O)N2CCN(c3ccc(-c4ccc(Cl)cc4Cl)nn3)CC2)cc1. The second-order valence-electron chi connectivity index (χ2n) is 7.65. The molecule has 1 atom stereocenters. The lowest BCUT2D eigenvalue weighted by atomic mass is 10.1. The summed E-state index contributed by atoms with van der Waals surface area (Å²) in [5, 5.41) is 9.79. The highest BCUT2D eigenvalue weighted by Crippen LogP contribution is 2.29. The van der Waals surface area contributed by atoms with Gasteiger partial charge in [-0.1, -0.05) is 23.2 Å². The van der Waals surface area contributed by atoms with E-state index in [2.05, 4.69) is 15.1 Å². The van der Waals surface area contributed by atoms with Gasteiger partial charge in [0.1, 0.15) is 11.5 Å². The number of rotatable bonds is 6. The summed E-state index contributed by atoms with van der Waals surface area (Å²) in [7, 11) is 1.61. The Morgan fingerprint density at radius 1 is 0.939 bits per heavy atom. The Kier molecular flexibility index (Phi) is 7.20. The molecule has 172 valence electrons. The van der Waals surface area contributed by atoms with Crippen molar-refractivity contribution in [3.8, 4) is 22.8 Å². The summed E-state index contributed by atoms with van der Waals surface area (Å²) in [6.45, 7) is 4.27. The molecule has 0 N–H and O–H groups in total. The van der Waals surface area contributed by atoms with Gasteiger partial charge in [-0.2, -0.15) is 0 Å². The van der Waals surface area contributed by atoms with Crippen LogP contribution in [0.5, 0.6) is 11.5 Å². The number of hydrogen-bond acceptors (Lipinski definition) is 6. The minimum absolute atomic E-state index is 0.0377. The van der Waals surface area contributed by atoms with Crippen molar-refractivity contribution >= 4 is 34.9 Å². The van der Waals surface area contributed by atoms with Crippen LogP contribution in [0.2, 0.25) is 10.0 Å². The number of carbonyl (C=O) groups is 1.